The zero-order valence-corrected chi connectivity index (χ0v) is 20.0. The van der Waals surface area contributed by atoms with Crippen molar-refractivity contribution in [3.05, 3.63) is 64.7 Å². The quantitative estimate of drug-likeness (QED) is 0.354. The Morgan fingerprint density at radius 2 is 1.81 bits per heavy atom. The number of unbranched alkanes of at least 4 members (excludes halogenated alkanes) is 2. The van der Waals surface area contributed by atoms with Crippen molar-refractivity contribution in [2.24, 2.45) is 0 Å². The number of aliphatic hydroxyl groups excluding tert-OH is 1. The number of benzene rings is 2. The van der Waals surface area contributed by atoms with Gasteiger partial charge in [0.05, 0.1) is 19.3 Å². The van der Waals surface area contributed by atoms with Gasteiger partial charge in [-0.25, -0.2) is 4.79 Å². The van der Waals surface area contributed by atoms with E-state index >= 15 is 0 Å². The largest absolute Gasteiger partial charge is 0.465 e. The molecule has 0 aliphatic rings. The highest BCUT2D eigenvalue weighted by Crippen LogP contribution is 2.33. The summed E-state index contributed by atoms with van der Waals surface area (Å²) in [6.45, 7) is 8.34. The Bertz CT molecular complexity index is 914. The van der Waals surface area contributed by atoms with E-state index < -0.39 is 0 Å². The molecule has 1 amide bonds. The Balaban J connectivity index is 2.32. The van der Waals surface area contributed by atoms with Crippen molar-refractivity contribution in [3.63, 3.8) is 0 Å². The number of carbonyl (C=O) groups excluding carboxylic acids is 2. The minimum Gasteiger partial charge on any atom is -0.465 e. The first-order valence-electron chi connectivity index (χ1n) is 11.4. The fourth-order valence-electron chi connectivity index (χ4n) is 4.03. The van der Waals surface area contributed by atoms with Crippen LogP contribution in [0.5, 0.6) is 0 Å². The number of ether oxygens (including phenoxy) is 1. The van der Waals surface area contributed by atoms with Crippen LogP contribution in [0.4, 0.5) is 5.69 Å². The van der Waals surface area contributed by atoms with Gasteiger partial charge in [-0.3, -0.25) is 4.79 Å². The van der Waals surface area contributed by atoms with Crippen LogP contribution in [0, 0.1) is 0 Å². The zero-order chi connectivity index (χ0) is 23.7. The van der Waals surface area contributed by atoms with Gasteiger partial charge in [0.2, 0.25) is 5.91 Å². The molecule has 0 aliphatic heterocycles. The van der Waals surface area contributed by atoms with Crippen LogP contribution in [0.15, 0.2) is 42.5 Å². The predicted octanol–water partition coefficient (Wildman–Crippen LogP) is 5.96. The summed E-state index contributed by atoms with van der Waals surface area (Å²) >= 11 is 0. The lowest BCUT2D eigenvalue weighted by atomic mass is 9.84. The van der Waals surface area contributed by atoms with Crippen molar-refractivity contribution in [1.29, 1.82) is 0 Å². The van der Waals surface area contributed by atoms with E-state index in [0.717, 1.165) is 48.1 Å². The molecular weight excluding hydrogens is 402 g/mol. The standard InChI is InChI=1S/C27H37NO4/c1-6-7-8-11-20(21-12-9-10-13-22(21)26(31)32-5)17-25(30)28-24-16-19(18-29)14-15-23(24)27(2,3)4/h9-10,12-16,20,29H,6-8,11,17-18H2,1-5H3,(H,28,30). The molecule has 0 bridgehead atoms. The molecule has 1 atom stereocenters. The van der Waals surface area contributed by atoms with E-state index in [-0.39, 0.29) is 36.2 Å². The number of methoxy groups -OCH3 is 1. The lowest BCUT2D eigenvalue weighted by molar-refractivity contribution is -0.116. The average Bonchev–Trinajstić information content (AvgIpc) is 2.77. The Kier molecular flexibility index (Phi) is 9.45. The van der Waals surface area contributed by atoms with E-state index in [0.29, 0.717) is 5.56 Å². The van der Waals surface area contributed by atoms with Crippen molar-refractivity contribution in [2.45, 2.75) is 77.7 Å². The van der Waals surface area contributed by atoms with E-state index in [2.05, 4.69) is 33.0 Å². The maximum Gasteiger partial charge on any atom is 0.338 e. The van der Waals surface area contributed by atoms with Gasteiger partial charge in [0, 0.05) is 12.1 Å². The highest BCUT2D eigenvalue weighted by atomic mass is 16.5. The highest BCUT2D eigenvalue weighted by molar-refractivity contribution is 5.94. The second kappa shape index (κ2) is 11.8. The first-order chi connectivity index (χ1) is 15.2. The lowest BCUT2D eigenvalue weighted by Crippen LogP contribution is -2.21. The molecule has 0 radical (unpaired) electrons. The minimum atomic E-state index is -0.382. The number of nitrogens with one attached hydrogen (secondary N) is 1. The summed E-state index contributed by atoms with van der Waals surface area (Å²) in [7, 11) is 1.38. The molecule has 0 heterocycles. The summed E-state index contributed by atoms with van der Waals surface area (Å²) in [6.07, 6.45) is 4.23. The van der Waals surface area contributed by atoms with E-state index in [4.69, 9.17) is 4.74 Å². The number of hydrogen-bond acceptors (Lipinski definition) is 4. The smallest absolute Gasteiger partial charge is 0.338 e. The topological polar surface area (TPSA) is 75.6 Å². The van der Waals surface area contributed by atoms with Crippen LogP contribution in [0.2, 0.25) is 0 Å². The van der Waals surface area contributed by atoms with Gasteiger partial charge in [0.15, 0.2) is 0 Å². The Labute approximate surface area is 192 Å². The molecule has 0 fully saturated rings. The number of hydrogen-bond donors (Lipinski definition) is 2. The fraction of sp³-hybridized carbons (Fsp3) is 0.481. The molecule has 5 heteroatoms. The molecule has 5 nitrogen and oxygen atoms in total. The first-order valence-corrected chi connectivity index (χ1v) is 11.4. The van der Waals surface area contributed by atoms with Crippen molar-refractivity contribution >= 4 is 17.6 Å². The zero-order valence-electron chi connectivity index (χ0n) is 20.0. The van der Waals surface area contributed by atoms with Crippen molar-refractivity contribution in [3.8, 4) is 0 Å². The van der Waals surface area contributed by atoms with E-state index in [1.807, 2.05) is 36.4 Å². The Hall–Kier alpha value is -2.66. The molecule has 1 unspecified atom stereocenters. The second-order valence-electron chi connectivity index (χ2n) is 9.31. The number of anilines is 1. The van der Waals surface area contributed by atoms with E-state index in [9.17, 15) is 14.7 Å². The van der Waals surface area contributed by atoms with Crippen LogP contribution < -0.4 is 5.32 Å². The molecule has 0 aliphatic carbocycles. The summed E-state index contributed by atoms with van der Waals surface area (Å²) < 4.78 is 4.97. The third-order valence-corrected chi connectivity index (χ3v) is 5.74. The number of amides is 1. The third-order valence-electron chi connectivity index (χ3n) is 5.74. The fourth-order valence-corrected chi connectivity index (χ4v) is 4.03. The summed E-state index contributed by atoms with van der Waals surface area (Å²) in [5.41, 5.74) is 3.70. The van der Waals surface area contributed by atoms with Crippen molar-refractivity contribution in [2.75, 3.05) is 12.4 Å². The molecule has 2 N–H and O–H groups in total. The maximum absolute atomic E-state index is 13.2. The molecule has 174 valence electrons. The Morgan fingerprint density at radius 3 is 2.44 bits per heavy atom. The van der Waals surface area contributed by atoms with Crippen LogP contribution in [0.3, 0.4) is 0 Å². The van der Waals surface area contributed by atoms with Crippen LogP contribution >= 0.6 is 0 Å². The van der Waals surface area contributed by atoms with Gasteiger partial charge >= 0.3 is 5.97 Å². The molecular formula is C27H37NO4. The normalized spacial score (nSPS) is 12.3. The van der Waals surface area contributed by atoms with Gasteiger partial charge in [0.1, 0.15) is 0 Å². The van der Waals surface area contributed by atoms with Gasteiger partial charge in [-0.05, 0) is 46.6 Å². The number of rotatable bonds is 10. The molecule has 0 saturated heterocycles. The summed E-state index contributed by atoms with van der Waals surface area (Å²) in [4.78, 5) is 25.5. The molecule has 0 spiro atoms. The highest BCUT2D eigenvalue weighted by Gasteiger charge is 2.24. The molecule has 32 heavy (non-hydrogen) atoms. The second-order valence-corrected chi connectivity index (χ2v) is 9.31. The van der Waals surface area contributed by atoms with Crippen LogP contribution in [-0.2, 0) is 21.6 Å². The van der Waals surface area contributed by atoms with Crippen molar-refractivity contribution < 1.29 is 19.4 Å². The number of aliphatic hydroxyl groups is 1. The van der Waals surface area contributed by atoms with Gasteiger partial charge in [0.25, 0.3) is 0 Å². The number of esters is 1. The predicted molar refractivity (Wildman–Crippen MR) is 129 cm³/mol. The number of carbonyl (C=O) groups is 2. The monoisotopic (exact) mass is 439 g/mol. The molecule has 2 rings (SSSR count). The van der Waals surface area contributed by atoms with Gasteiger partial charge in [-0.15, -0.1) is 0 Å². The molecule has 2 aromatic rings. The van der Waals surface area contributed by atoms with Gasteiger partial charge in [-0.2, -0.15) is 0 Å². The lowest BCUT2D eigenvalue weighted by Gasteiger charge is -2.25. The SMILES string of the molecule is CCCCCC(CC(=O)Nc1cc(CO)ccc1C(C)(C)C)c1ccccc1C(=O)OC. The average molecular weight is 440 g/mol. The van der Waals surface area contributed by atoms with Crippen molar-refractivity contribution in [1.82, 2.24) is 0 Å². The minimum absolute atomic E-state index is 0.0839. The third kappa shape index (κ3) is 6.92. The summed E-state index contributed by atoms with van der Waals surface area (Å²) in [6, 6.07) is 13.1. The van der Waals surface area contributed by atoms with Crippen LogP contribution in [-0.4, -0.2) is 24.1 Å². The van der Waals surface area contributed by atoms with Crippen LogP contribution in [0.25, 0.3) is 0 Å². The van der Waals surface area contributed by atoms with Crippen LogP contribution in [0.1, 0.15) is 92.8 Å². The summed E-state index contributed by atoms with van der Waals surface area (Å²) in [5.74, 6) is -0.574. The van der Waals surface area contributed by atoms with Gasteiger partial charge in [-0.1, -0.05) is 77.3 Å². The van der Waals surface area contributed by atoms with Gasteiger partial charge < -0.3 is 15.2 Å². The maximum atomic E-state index is 13.2. The van der Waals surface area contributed by atoms with E-state index in [1.54, 1.807) is 6.07 Å². The van der Waals surface area contributed by atoms with E-state index in [1.165, 1.54) is 7.11 Å². The Morgan fingerprint density at radius 1 is 1.09 bits per heavy atom. The molecule has 0 saturated carbocycles. The first kappa shape index (κ1) is 25.6. The molecule has 2 aromatic carbocycles. The molecule has 0 aromatic heterocycles. The summed E-state index contributed by atoms with van der Waals surface area (Å²) in [5, 5.41) is 12.6.